The van der Waals surface area contributed by atoms with Crippen molar-refractivity contribution in [2.24, 2.45) is 0 Å². The van der Waals surface area contributed by atoms with Gasteiger partial charge in [0.25, 0.3) is 0 Å². The van der Waals surface area contributed by atoms with Crippen molar-refractivity contribution >= 4 is 8.32 Å². The molecule has 0 aromatic heterocycles. The highest BCUT2D eigenvalue weighted by Crippen LogP contribution is 2.33. The first-order valence-electron chi connectivity index (χ1n) is 12.4. The molecule has 0 N–H and O–H groups in total. The SMILES string of the molecule is C=CCCC[Si](C)(C)O[C@H]1[C@H](OCc2ccccc2)[C@@H](OCc2ccccc2)[C@@H](OC)O[C@@H]1C=C. The molecule has 35 heavy (non-hydrogen) atoms. The predicted molar refractivity (Wildman–Crippen MR) is 142 cm³/mol. The fraction of sp³-hybridized carbons (Fsp3) is 0.448. The first-order chi connectivity index (χ1) is 17.0. The van der Waals surface area contributed by atoms with Crippen LogP contribution in [0.15, 0.2) is 86.0 Å². The van der Waals surface area contributed by atoms with Crippen LogP contribution in [0.1, 0.15) is 24.0 Å². The lowest BCUT2D eigenvalue weighted by Gasteiger charge is -2.47. The van der Waals surface area contributed by atoms with E-state index in [0.29, 0.717) is 13.2 Å². The largest absolute Gasteiger partial charge is 0.409 e. The fourth-order valence-electron chi connectivity index (χ4n) is 4.35. The molecule has 5 nitrogen and oxygen atoms in total. The van der Waals surface area contributed by atoms with Crippen molar-refractivity contribution in [2.75, 3.05) is 7.11 Å². The lowest BCUT2D eigenvalue weighted by atomic mass is 9.98. The molecule has 0 aliphatic carbocycles. The highest BCUT2D eigenvalue weighted by atomic mass is 28.4. The van der Waals surface area contributed by atoms with Gasteiger partial charge in [0.15, 0.2) is 14.6 Å². The summed E-state index contributed by atoms with van der Waals surface area (Å²) < 4.78 is 31.9. The Balaban J connectivity index is 1.86. The van der Waals surface area contributed by atoms with Gasteiger partial charge in [0.1, 0.15) is 24.4 Å². The van der Waals surface area contributed by atoms with Gasteiger partial charge < -0.3 is 23.4 Å². The van der Waals surface area contributed by atoms with Gasteiger partial charge in [-0.15, -0.1) is 13.2 Å². The van der Waals surface area contributed by atoms with Gasteiger partial charge in [0, 0.05) is 7.11 Å². The lowest BCUT2D eigenvalue weighted by molar-refractivity contribution is -0.299. The molecule has 190 valence electrons. The number of methoxy groups -OCH3 is 1. The molecule has 6 heteroatoms. The Morgan fingerprint density at radius 2 is 1.43 bits per heavy atom. The van der Waals surface area contributed by atoms with Crippen LogP contribution < -0.4 is 0 Å². The third-order valence-corrected chi connectivity index (χ3v) is 8.68. The third kappa shape index (κ3) is 8.24. The number of hydrogen-bond donors (Lipinski definition) is 0. The third-order valence-electron chi connectivity index (χ3n) is 6.21. The Kier molecular flexibility index (Phi) is 10.9. The van der Waals surface area contributed by atoms with Crippen molar-refractivity contribution in [1.29, 1.82) is 0 Å². The molecule has 0 amide bonds. The number of benzene rings is 2. The van der Waals surface area contributed by atoms with Crippen LogP contribution in [0, 0.1) is 0 Å². The highest BCUT2D eigenvalue weighted by molar-refractivity contribution is 6.71. The molecule has 2 aromatic carbocycles. The van der Waals surface area contributed by atoms with E-state index in [9.17, 15) is 0 Å². The Morgan fingerprint density at radius 1 is 0.857 bits per heavy atom. The van der Waals surface area contributed by atoms with E-state index in [0.717, 1.165) is 30.0 Å². The normalized spacial score (nSPS) is 24.7. The van der Waals surface area contributed by atoms with Crippen LogP contribution in [0.2, 0.25) is 19.1 Å². The minimum absolute atomic E-state index is 0.353. The summed E-state index contributed by atoms with van der Waals surface area (Å²) in [6, 6.07) is 21.3. The smallest absolute Gasteiger partial charge is 0.187 e. The first kappa shape index (κ1) is 27.5. The second-order valence-corrected chi connectivity index (χ2v) is 13.7. The molecule has 1 aliphatic rings. The van der Waals surface area contributed by atoms with E-state index in [-0.39, 0.29) is 12.2 Å². The number of ether oxygens (including phenoxy) is 4. The highest BCUT2D eigenvalue weighted by Gasteiger charge is 2.49. The van der Waals surface area contributed by atoms with Crippen molar-refractivity contribution < 1.29 is 23.4 Å². The second kappa shape index (κ2) is 13.9. The van der Waals surface area contributed by atoms with Gasteiger partial charge >= 0.3 is 0 Å². The van der Waals surface area contributed by atoms with Gasteiger partial charge in [-0.1, -0.05) is 79.2 Å². The van der Waals surface area contributed by atoms with Crippen molar-refractivity contribution in [3.8, 4) is 0 Å². The molecular weight excluding hydrogens is 456 g/mol. The van der Waals surface area contributed by atoms with E-state index in [2.05, 4.69) is 38.4 Å². The Bertz CT molecular complexity index is 888. The van der Waals surface area contributed by atoms with Gasteiger partial charge in [-0.25, -0.2) is 0 Å². The molecule has 2 aromatic rings. The minimum Gasteiger partial charge on any atom is -0.409 e. The minimum atomic E-state index is -2.04. The zero-order valence-corrected chi connectivity index (χ0v) is 22.3. The van der Waals surface area contributed by atoms with E-state index >= 15 is 0 Å². The van der Waals surface area contributed by atoms with Crippen LogP contribution in [0.5, 0.6) is 0 Å². The summed E-state index contributed by atoms with van der Waals surface area (Å²) in [4.78, 5) is 0. The van der Waals surface area contributed by atoms with E-state index < -0.39 is 26.8 Å². The summed E-state index contributed by atoms with van der Waals surface area (Å²) in [5.74, 6) is 0. The van der Waals surface area contributed by atoms with E-state index in [1.165, 1.54) is 0 Å². The Morgan fingerprint density at radius 3 is 1.94 bits per heavy atom. The maximum atomic E-state index is 6.85. The van der Waals surface area contributed by atoms with Gasteiger partial charge in [0.05, 0.1) is 13.2 Å². The number of unbranched alkanes of at least 4 members (excludes halogenated alkanes) is 1. The van der Waals surface area contributed by atoms with Crippen LogP contribution >= 0.6 is 0 Å². The Labute approximate surface area is 211 Å². The summed E-state index contributed by atoms with van der Waals surface area (Å²) >= 11 is 0. The molecule has 0 unspecified atom stereocenters. The summed E-state index contributed by atoms with van der Waals surface area (Å²) in [6.07, 6.45) is 3.59. The van der Waals surface area contributed by atoms with Crippen LogP contribution in [0.25, 0.3) is 0 Å². The zero-order chi connectivity index (χ0) is 25.1. The van der Waals surface area contributed by atoms with Crippen LogP contribution in [0.4, 0.5) is 0 Å². The maximum Gasteiger partial charge on any atom is 0.187 e. The molecule has 0 radical (unpaired) electrons. The van der Waals surface area contributed by atoms with E-state index in [1.807, 2.05) is 54.6 Å². The average Bonchev–Trinajstić information content (AvgIpc) is 2.87. The molecular formula is C29H40O5Si. The molecule has 0 bridgehead atoms. The average molecular weight is 497 g/mol. The summed E-state index contributed by atoms with van der Waals surface area (Å²) in [6.45, 7) is 13.2. The molecule has 5 atom stereocenters. The molecule has 1 fully saturated rings. The quantitative estimate of drug-likeness (QED) is 0.175. The molecule has 0 spiro atoms. The summed E-state index contributed by atoms with van der Waals surface area (Å²) in [5, 5.41) is 0. The number of allylic oxidation sites excluding steroid dienone is 1. The number of rotatable bonds is 14. The fourth-order valence-corrected chi connectivity index (χ4v) is 6.53. The Hall–Kier alpha value is -2.06. The molecule has 1 heterocycles. The van der Waals surface area contributed by atoms with E-state index in [1.54, 1.807) is 13.2 Å². The monoisotopic (exact) mass is 496 g/mol. The summed E-state index contributed by atoms with van der Waals surface area (Å²) in [5.41, 5.74) is 2.16. The topological polar surface area (TPSA) is 46.2 Å². The maximum absolute atomic E-state index is 6.85. The van der Waals surface area contributed by atoms with Gasteiger partial charge in [-0.05, 0) is 36.7 Å². The van der Waals surface area contributed by atoms with Gasteiger partial charge in [0.2, 0.25) is 0 Å². The predicted octanol–water partition coefficient (Wildman–Crippen LogP) is 6.27. The van der Waals surface area contributed by atoms with Crippen LogP contribution in [0.3, 0.4) is 0 Å². The molecule has 3 rings (SSSR count). The molecule has 1 saturated heterocycles. The van der Waals surface area contributed by atoms with E-state index in [4.69, 9.17) is 23.4 Å². The molecule has 1 aliphatic heterocycles. The van der Waals surface area contributed by atoms with Gasteiger partial charge in [-0.2, -0.15) is 0 Å². The number of hydrogen-bond acceptors (Lipinski definition) is 5. The van der Waals surface area contributed by atoms with Crippen molar-refractivity contribution in [3.63, 3.8) is 0 Å². The van der Waals surface area contributed by atoms with Crippen molar-refractivity contribution in [1.82, 2.24) is 0 Å². The lowest BCUT2D eigenvalue weighted by Crippen LogP contribution is -2.62. The van der Waals surface area contributed by atoms with Crippen molar-refractivity contribution in [3.05, 3.63) is 97.1 Å². The van der Waals surface area contributed by atoms with Crippen LogP contribution in [-0.2, 0) is 36.6 Å². The van der Waals surface area contributed by atoms with Gasteiger partial charge in [-0.3, -0.25) is 0 Å². The molecule has 0 saturated carbocycles. The van der Waals surface area contributed by atoms with Crippen molar-refractivity contribution in [2.45, 2.75) is 75.9 Å². The van der Waals surface area contributed by atoms with Crippen LogP contribution in [-0.4, -0.2) is 46.1 Å². The first-order valence-corrected chi connectivity index (χ1v) is 15.5. The standard InChI is InChI=1S/C29H40O5Si/c1-6-8-15-20-35(4,5)34-26-25(7-2)33-29(30-3)28(32-22-24-18-13-10-14-19-24)27(26)31-21-23-16-11-9-12-17-23/h6-7,9-14,16-19,25-29H,1-2,8,15,20-22H2,3-5H3/t25-,26-,27+,28-,29+/m1/s1. The second-order valence-electron chi connectivity index (χ2n) is 9.49. The zero-order valence-electron chi connectivity index (χ0n) is 21.3. The summed E-state index contributed by atoms with van der Waals surface area (Å²) in [7, 11) is -0.405.